The molecule has 0 aromatic rings. The molecule has 0 unspecified atom stereocenters. The first-order chi connectivity index (χ1) is 9.83. The summed E-state index contributed by atoms with van der Waals surface area (Å²) >= 11 is 0. The van der Waals surface area contributed by atoms with Crippen LogP contribution < -0.4 is 5.73 Å². The molecule has 0 rings (SSSR count). The van der Waals surface area contributed by atoms with Gasteiger partial charge in [0.2, 0.25) is 0 Å². The molecule has 2 N–H and O–H groups in total. The van der Waals surface area contributed by atoms with Gasteiger partial charge in [0.15, 0.2) is 0 Å². The van der Waals surface area contributed by atoms with E-state index < -0.39 is 0 Å². The second kappa shape index (κ2) is 31.1. The predicted octanol–water partition coefficient (Wildman–Crippen LogP) is 7.21. The first-order valence-corrected chi connectivity index (χ1v) is 9.16. The minimum atomic E-state index is 1.25. The molecular weight excluding hydrogens is 242 g/mol. The van der Waals surface area contributed by atoms with Gasteiger partial charge in [-0.3, -0.25) is 0 Å². The highest BCUT2D eigenvalue weighted by molar-refractivity contribution is 4.48. The van der Waals surface area contributed by atoms with Crippen LogP contribution in [0.25, 0.3) is 0 Å². The number of rotatable bonds is 12. The summed E-state index contributed by atoms with van der Waals surface area (Å²) in [7, 11) is 0. The number of hydrogen-bond donors (Lipinski definition) is 1. The molecule has 0 radical (unpaired) electrons. The van der Waals surface area contributed by atoms with Crippen LogP contribution >= 0.6 is 0 Å². The smallest absolute Gasteiger partial charge is 0.0136 e. The molecule has 0 spiro atoms. The number of unbranched alkanes of at least 4 members (excludes halogenated alkanes) is 12. The molecule has 124 valence electrons. The third-order valence-corrected chi connectivity index (χ3v) is 3.21. The molecule has 0 fully saturated rings. The van der Waals surface area contributed by atoms with E-state index >= 15 is 0 Å². The third kappa shape index (κ3) is 36.0. The van der Waals surface area contributed by atoms with Gasteiger partial charge in [0.1, 0.15) is 0 Å². The summed E-state index contributed by atoms with van der Waals surface area (Å²) in [5, 5.41) is 0. The van der Waals surface area contributed by atoms with Gasteiger partial charge < -0.3 is 5.73 Å². The maximum Gasteiger partial charge on any atom is -0.0136 e. The zero-order valence-electron chi connectivity index (χ0n) is 15.1. The highest BCUT2D eigenvalue weighted by Crippen LogP contribution is 2.12. The van der Waals surface area contributed by atoms with Gasteiger partial charge in [0.25, 0.3) is 0 Å². The largest absolute Gasteiger partial charge is 0.405 e. The van der Waals surface area contributed by atoms with E-state index in [2.05, 4.69) is 26.2 Å². The van der Waals surface area contributed by atoms with E-state index in [4.69, 9.17) is 0 Å². The van der Waals surface area contributed by atoms with Gasteiger partial charge in [-0.15, -0.1) is 0 Å². The second-order valence-corrected chi connectivity index (χ2v) is 5.12. The van der Waals surface area contributed by atoms with E-state index in [0.717, 1.165) is 0 Å². The predicted molar refractivity (Wildman–Crippen MR) is 97.1 cm³/mol. The Balaban J connectivity index is -0.000000505. The Bertz CT molecular complexity index is 120. The van der Waals surface area contributed by atoms with Gasteiger partial charge in [-0.2, -0.15) is 0 Å². The molecule has 0 saturated heterocycles. The van der Waals surface area contributed by atoms with Crippen LogP contribution in [0.1, 0.15) is 111 Å². The lowest BCUT2D eigenvalue weighted by atomic mass is 10.1. The van der Waals surface area contributed by atoms with E-state index in [-0.39, 0.29) is 0 Å². The minimum Gasteiger partial charge on any atom is -0.405 e. The zero-order valence-corrected chi connectivity index (χ0v) is 15.1. The molecule has 20 heavy (non-hydrogen) atoms. The van der Waals surface area contributed by atoms with Crippen molar-refractivity contribution >= 4 is 0 Å². The van der Waals surface area contributed by atoms with Gasteiger partial charge in [0.05, 0.1) is 0 Å². The Labute approximate surface area is 130 Å². The monoisotopic (exact) mass is 285 g/mol. The second-order valence-electron chi connectivity index (χ2n) is 5.12. The van der Waals surface area contributed by atoms with E-state index in [1.165, 1.54) is 89.7 Å². The number of hydrogen-bond acceptors (Lipinski definition) is 1. The van der Waals surface area contributed by atoms with Crippen molar-refractivity contribution in [2.45, 2.75) is 111 Å². The summed E-state index contributed by atoms with van der Waals surface area (Å²) in [4.78, 5) is 0. The van der Waals surface area contributed by atoms with Crippen LogP contribution in [-0.4, -0.2) is 0 Å². The van der Waals surface area contributed by atoms with Crippen LogP contribution in [0.15, 0.2) is 12.8 Å². The molecule has 0 aliphatic carbocycles. The summed E-state index contributed by atoms with van der Waals surface area (Å²) in [6.45, 7) is 11.7. The van der Waals surface area contributed by atoms with Gasteiger partial charge >= 0.3 is 0 Å². The molecule has 0 bridgehead atoms. The summed E-state index contributed by atoms with van der Waals surface area (Å²) < 4.78 is 0. The summed E-state index contributed by atoms with van der Waals surface area (Å²) in [5.41, 5.74) is 4.61. The maximum absolute atomic E-state index is 4.61. The fourth-order valence-electron chi connectivity index (χ4n) is 2.09. The molecule has 1 heteroatoms. The minimum absolute atomic E-state index is 1.25. The fourth-order valence-corrected chi connectivity index (χ4v) is 2.09. The molecule has 0 atom stereocenters. The van der Waals surface area contributed by atoms with Gasteiger partial charge in [-0.05, 0) is 6.20 Å². The fraction of sp³-hybridized carbons (Fsp3) is 0.895. The van der Waals surface area contributed by atoms with Crippen LogP contribution in [0, 0.1) is 0 Å². The average Bonchev–Trinajstić information content (AvgIpc) is 2.48. The topological polar surface area (TPSA) is 26.0 Å². The van der Waals surface area contributed by atoms with Crippen molar-refractivity contribution in [3.05, 3.63) is 12.8 Å². The standard InChI is InChI=1S/C15H32.C2H5N.C2H6/c1-3-5-7-9-11-13-15-14-12-10-8-6-4-2;1-2-3;1-2/h3-15H2,1-2H3;2H,1,3H2;1-2H3. The molecule has 0 heterocycles. The van der Waals surface area contributed by atoms with Crippen molar-refractivity contribution < 1.29 is 0 Å². The quantitative estimate of drug-likeness (QED) is 0.376. The van der Waals surface area contributed by atoms with Gasteiger partial charge in [-0.25, -0.2) is 0 Å². The third-order valence-electron chi connectivity index (χ3n) is 3.21. The molecule has 0 saturated carbocycles. The highest BCUT2D eigenvalue weighted by atomic mass is 14.5. The molecule has 0 aliphatic heterocycles. The lowest BCUT2D eigenvalue weighted by molar-refractivity contribution is 0.542. The van der Waals surface area contributed by atoms with E-state index in [1.807, 2.05) is 13.8 Å². The van der Waals surface area contributed by atoms with Crippen LogP contribution in [-0.2, 0) is 0 Å². The van der Waals surface area contributed by atoms with Gasteiger partial charge in [0, 0.05) is 0 Å². The normalized spacial score (nSPS) is 9.00. The Morgan fingerprint density at radius 3 is 0.900 bits per heavy atom. The van der Waals surface area contributed by atoms with Crippen molar-refractivity contribution in [1.29, 1.82) is 0 Å². The lowest BCUT2D eigenvalue weighted by Crippen LogP contribution is -1.82. The van der Waals surface area contributed by atoms with Crippen LogP contribution in [0.5, 0.6) is 0 Å². The van der Waals surface area contributed by atoms with E-state index in [1.54, 1.807) is 0 Å². The van der Waals surface area contributed by atoms with E-state index in [9.17, 15) is 0 Å². The molecule has 0 amide bonds. The molecular formula is C19H43N. The highest BCUT2D eigenvalue weighted by Gasteiger charge is 1.92. The first-order valence-electron chi connectivity index (χ1n) is 9.16. The molecule has 0 aromatic carbocycles. The van der Waals surface area contributed by atoms with Crippen LogP contribution in [0.2, 0.25) is 0 Å². The van der Waals surface area contributed by atoms with Crippen molar-refractivity contribution in [2.24, 2.45) is 5.73 Å². The lowest BCUT2D eigenvalue weighted by Gasteiger charge is -2.01. The van der Waals surface area contributed by atoms with Gasteiger partial charge in [-0.1, -0.05) is 118 Å². The van der Waals surface area contributed by atoms with Crippen molar-refractivity contribution in [3.8, 4) is 0 Å². The zero-order chi connectivity index (χ0) is 15.9. The Hall–Kier alpha value is -0.460. The Morgan fingerprint density at radius 1 is 0.600 bits per heavy atom. The summed E-state index contributed by atoms with van der Waals surface area (Å²) in [6.07, 6.45) is 20.2. The van der Waals surface area contributed by atoms with Crippen LogP contribution in [0.4, 0.5) is 0 Å². The summed E-state index contributed by atoms with van der Waals surface area (Å²) in [6, 6.07) is 0. The molecule has 1 nitrogen and oxygen atoms in total. The molecule has 0 aliphatic rings. The Morgan fingerprint density at radius 2 is 0.750 bits per heavy atom. The van der Waals surface area contributed by atoms with Crippen molar-refractivity contribution in [1.82, 2.24) is 0 Å². The van der Waals surface area contributed by atoms with E-state index in [0.29, 0.717) is 0 Å². The van der Waals surface area contributed by atoms with Crippen LogP contribution in [0.3, 0.4) is 0 Å². The van der Waals surface area contributed by atoms with Crippen molar-refractivity contribution in [3.63, 3.8) is 0 Å². The average molecular weight is 286 g/mol. The molecule has 0 aromatic heterocycles. The number of nitrogens with two attached hydrogens (primary N) is 1. The summed E-state index contributed by atoms with van der Waals surface area (Å²) in [5.74, 6) is 0. The Kier molecular flexibility index (Phi) is 38.2. The maximum atomic E-state index is 4.61. The SMILES string of the molecule is C=CN.CC.CCCCCCCCCCCCCCC. The first kappa shape index (κ1) is 24.6. The van der Waals surface area contributed by atoms with Crippen molar-refractivity contribution in [2.75, 3.05) is 0 Å².